The Bertz CT molecular complexity index is 388. The van der Waals surface area contributed by atoms with Gasteiger partial charge in [0, 0.05) is 0 Å². The number of rotatable bonds is 1. The van der Waals surface area contributed by atoms with E-state index in [0.717, 1.165) is 16.3 Å². The Balaban J connectivity index is 2.79. The van der Waals surface area contributed by atoms with E-state index in [9.17, 15) is 5.11 Å². The third-order valence-corrected chi connectivity index (χ3v) is 1.95. The van der Waals surface area contributed by atoms with E-state index in [1.807, 2.05) is 30.3 Å². The fourth-order valence-corrected chi connectivity index (χ4v) is 1.35. The van der Waals surface area contributed by atoms with Crippen molar-refractivity contribution in [3.05, 3.63) is 48.0 Å². The molecular weight excluding hydrogens is 148 g/mol. The molecule has 1 nitrogen and oxygen atoms in total. The van der Waals surface area contributed by atoms with Crippen molar-refractivity contribution in [3.63, 3.8) is 0 Å². The van der Waals surface area contributed by atoms with Crippen LogP contribution < -0.4 is 0 Å². The van der Waals surface area contributed by atoms with Crippen molar-refractivity contribution >= 4 is 10.8 Å². The molecule has 1 heteroatoms. The van der Waals surface area contributed by atoms with Crippen molar-refractivity contribution in [1.82, 2.24) is 0 Å². The summed E-state index contributed by atoms with van der Waals surface area (Å²) >= 11 is 0. The summed E-state index contributed by atoms with van der Waals surface area (Å²) in [6.07, 6.45) is 0. The molecule has 0 atom stereocenters. The van der Waals surface area contributed by atoms with Gasteiger partial charge in [0.15, 0.2) is 0 Å². The summed E-state index contributed by atoms with van der Waals surface area (Å²) in [6, 6.07) is 14.6. The zero-order chi connectivity index (χ0) is 8.39. The first-order valence-electron chi connectivity index (χ1n) is 3.88. The summed E-state index contributed by atoms with van der Waals surface area (Å²) < 4.78 is 0. The van der Waals surface area contributed by atoms with E-state index in [1.54, 1.807) is 6.07 Å². The second kappa shape index (κ2) is 2.95. The van der Waals surface area contributed by atoms with Crippen LogP contribution in [0.3, 0.4) is 0 Å². The molecule has 58 valence electrons. The molecule has 0 saturated carbocycles. The highest BCUT2D eigenvalue weighted by atomic mass is 16.3. The zero-order valence-electron chi connectivity index (χ0n) is 6.58. The van der Waals surface area contributed by atoms with Gasteiger partial charge in [0.05, 0.1) is 0 Å². The maximum absolute atomic E-state index is 10.7. The molecule has 2 radical (unpaired) electrons. The van der Waals surface area contributed by atoms with Crippen LogP contribution in [0.15, 0.2) is 36.4 Å². The molecule has 0 fully saturated rings. The molecule has 2 rings (SSSR count). The van der Waals surface area contributed by atoms with E-state index in [1.165, 1.54) is 0 Å². The van der Waals surface area contributed by atoms with E-state index < -0.39 is 0 Å². The first-order valence-corrected chi connectivity index (χ1v) is 3.88. The summed E-state index contributed by atoms with van der Waals surface area (Å²) in [6.45, 7) is -0.193. The standard InChI is InChI=1S/C11H8O/c12-8-10-6-3-5-9-4-1-2-7-11(9)10/h1-5,7H,8H2. The van der Waals surface area contributed by atoms with Crippen LogP contribution in [-0.4, -0.2) is 0 Å². The van der Waals surface area contributed by atoms with Gasteiger partial charge in [0.25, 0.3) is 0 Å². The third-order valence-electron chi connectivity index (χ3n) is 1.95. The number of hydrogen-bond acceptors (Lipinski definition) is 0. The van der Waals surface area contributed by atoms with Crippen LogP contribution in [-0.2, 0) is 11.7 Å². The Hall–Kier alpha value is -1.34. The van der Waals surface area contributed by atoms with Crippen LogP contribution in [0.1, 0.15) is 5.56 Å². The van der Waals surface area contributed by atoms with Gasteiger partial charge in [0.1, 0.15) is 6.61 Å². The minimum atomic E-state index is -0.193. The van der Waals surface area contributed by atoms with Gasteiger partial charge < -0.3 is 0 Å². The maximum Gasteiger partial charge on any atom is 0.108 e. The largest absolute Gasteiger partial charge is 0.232 e. The van der Waals surface area contributed by atoms with Gasteiger partial charge in [-0.2, -0.15) is 0 Å². The first kappa shape index (κ1) is 7.32. The van der Waals surface area contributed by atoms with E-state index in [2.05, 4.69) is 6.07 Å². The van der Waals surface area contributed by atoms with E-state index in [-0.39, 0.29) is 6.61 Å². The average molecular weight is 156 g/mol. The molecule has 0 aliphatic rings. The van der Waals surface area contributed by atoms with Gasteiger partial charge in [-0.15, -0.1) is 0 Å². The monoisotopic (exact) mass is 156 g/mol. The SMILES string of the molecule is [O]Cc1[c]ccc2ccccc12. The highest BCUT2D eigenvalue weighted by molar-refractivity contribution is 5.85. The minimum Gasteiger partial charge on any atom is -0.232 e. The molecule has 0 unspecified atom stereocenters. The molecule has 0 aromatic heterocycles. The molecule has 0 saturated heterocycles. The normalized spacial score (nSPS) is 10.4. The molecule has 12 heavy (non-hydrogen) atoms. The van der Waals surface area contributed by atoms with Gasteiger partial charge in [-0.3, -0.25) is 0 Å². The van der Waals surface area contributed by atoms with Crippen LogP contribution in [0.2, 0.25) is 0 Å². The Morgan fingerprint density at radius 3 is 2.83 bits per heavy atom. The third kappa shape index (κ3) is 1.08. The lowest BCUT2D eigenvalue weighted by Gasteiger charge is -2.00. The predicted molar refractivity (Wildman–Crippen MR) is 47.2 cm³/mol. The molecule has 0 heterocycles. The second-order valence-corrected chi connectivity index (χ2v) is 2.69. The smallest absolute Gasteiger partial charge is 0.108 e. The van der Waals surface area contributed by atoms with E-state index in [4.69, 9.17) is 0 Å². The van der Waals surface area contributed by atoms with E-state index in [0.29, 0.717) is 0 Å². The van der Waals surface area contributed by atoms with Gasteiger partial charge in [-0.05, 0) is 22.4 Å². The minimum absolute atomic E-state index is 0.193. The highest BCUT2D eigenvalue weighted by Crippen LogP contribution is 2.17. The van der Waals surface area contributed by atoms with Crippen molar-refractivity contribution in [3.8, 4) is 0 Å². The quantitative estimate of drug-likeness (QED) is 0.604. The topological polar surface area (TPSA) is 19.9 Å². The van der Waals surface area contributed by atoms with Crippen LogP contribution >= 0.6 is 0 Å². The molecular formula is C11H8O. The van der Waals surface area contributed by atoms with E-state index >= 15 is 0 Å². The van der Waals surface area contributed by atoms with Gasteiger partial charge in [-0.1, -0.05) is 36.4 Å². The molecule has 0 bridgehead atoms. The summed E-state index contributed by atoms with van der Waals surface area (Å²) in [5, 5.41) is 12.9. The van der Waals surface area contributed by atoms with Gasteiger partial charge in [-0.25, -0.2) is 5.11 Å². The van der Waals surface area contributed by atoms with Crippen LogP contribution in [0.4, 0.5) is 0 Å². The average Bonchev–Trinajstić information content (AvgIpc) is 2.17. The number of fused-ring (bicyclic) bond motifs is 1. The lowest BCUT2D eigenvalue weighted by atomic mass is 10.1. The molecule has 2 aromatic rings. The lowest BCUT2D eigenvalue weighted by Crippen LogP contribution is -1.83. The summed E-state index contributed by atoms with van der Waals surface area (Å²) in [4.78, 5) is 0. The Morgan fingerprint density at radius 2 is 2.00 bits per heavy atom. The zero-order valence-corrected chi connectivity index (χ0v) is 6.58. The molecule has 0 aliphatic heterocycles. The van der Waals surface area contributed by atoms with Crippen molar-refractivity contribution in [2.75, 3.05) is 0 Å². The summed E-state index contributed by atoms with van der Waals surface area (Å²) in [5.41, 5.74) is 0.758. The fourth-order valence-electron chi connectivity index (χ4n) is 1.35. The molecule has 0 N–H and O–H groups in total. The Labute approximate surface area is 71.3 Å². The van der Waals surface area contributed by atoms with Gasteiger partial charge >= 0.3 is 0 Å². The highest BCUT2D eigenvalue weighted by Gasteiger charge is 1.97. The number of hydrogen-bond donors (Lipinski definition) is 0. The maximum atomic E-state index is 10.7. The van der Waals surface area contributed by atoms with Crippen molar-refractivity contribution < 1.29 is 5.11 Å². The predicted octanol–water partition coefficient (Wildman–Crippen LogP) is 2.57. The van der Waals surface area contributed by atoms with Crippen LogP contribution in [0, 0.1) is 6.07 Å². The molecule has 2 aromatic carbocycles. The summed E-state index contributed by atoms with van der Waals surface area (Å²) in [7, 11) is 0. The van der Waals surface area contributed by atoms with Crippen molar-refractivity contribution in [2.24, 2.45) is 0 Å². The summed E-state index contributed by atoms with van der Waals surface area (Å²) in [5.74, 6) is 0. The molecule has 0 aliphatic carbocycles. The number of benzene rings is 2. The fraction of sp³-hybridized carbons (Fsp3) is 0.0909. The Kier molecular flexibility index (Phi) is 1.80. The lowest BCUT2D eigenvalue weighted by molar-refractivity contribution is 0.178. The van der Waals surface area contributed by atoms with Crippen LogP contribution in [0.5, 0.6) is 0 Å². The first-order chi connectivity index (χ1) is 5.92. The van der Waals surface area contributed by atoms with Gasteiger partial charge in [0.2, 0.25) is 0 Å². The Morgan fingerprint density at radius 1 is 1.17 bits per heavy atom. The van der Waals surface area contributed by atoms with Crippen LogP contribution in [0.25, 0.3) is 10.8 Å². The molecule has 0 spiro atoms. The van der Waals surface area contributed by atoms with Crippen molar-refractivity contribution in [1.29, 1.82) is 0 Å². The molecule has 0 amide bonds. The van der Waals surface area contributed by atoms with Crippen molar-refractivity contribution in [2.45, 2.75) is 6.61 Å². The second-order valence-electron chi connectivity index (χ2n) is 2.69.